The predicted molar refractivity (Wildman–Crippen MR) is 143 cm³/mol. The van der Waals surface area contributed by atoms with E-state index in [2.05, 4.69) is 15.0 Å². The van der Waals surface area contributed by atoms with Crippen molar-refractivity contribution in [3.05, 3.63) is 90.5 Å². The molecule has 7 rings (SSSR count). The lowest BCUT2D eigenvalue weighted by atomic mass is 10.0. The molecule has 0 saturated carbocycles. The first-order valence-electron chi connectivity index (χ1n) is 11.8. The van der Waals surface area contributed by atoms with Gasteiger partial charge in [-0.3, -0.25) is 0 Å². The van der Waals surface area contributed by atoms with E-state index in [1.54, 1.807) is 28.9 Å². The number of nitrogens with zero attached hydrogens (tertiary/aromatic N) is 6. The third-order valence-electron chi connectivity index (χ3n) is 6.49. The standard InChI is InChI=1S/C28H19FN8O/c29-19-7-3-2-6-18(19)24-17(11-15-5-1-4-8-20(15)34-24)13-37-27-23(26(30)32-14-33-27)25(36-37)16-9-10-22-21(12-16)35-28(31)38-22/h1-12,14H,13H2,(H2,31,35)(H2,30,32,33). The lowest BCUT2D eigenvalue weighted by Gasteiger charge is -2.12. The molecule has 7 aromatic rings. The molecule has 0 bridgehead atoms. The Kier molecular flexibility index (Phi) is 4.80. The Balaban J connectivity index is 1.43. The first kappa shape index (κ1) is 21.9. The number of hydrogen-bond acceptors (Lipinski definition) is 8. The van der Waals surface area contributed by atoms with E-state index < -0.39 is 0 Å². The van der Waals surface area contributed by atoms with Crippen LogP contribution in [0.25, 0.3) is 55.6 Å². The van der Waals surface area contributed by atoms with Crippen LogP contribution >= 0.6 is 0 Å². The summed E-state index contributed by atoms with van der Waals surface area (Å²) < 4.78 is 22.1. The van der Waals surface area contributed by atoms with Crippen LogP contribution in [0.5, 0.6) is 0 Å². The zero-order valence-electron chi connectivity index (χ0n) is 19.8. The molecule has 3 aromatic carbocycles. The molecule has 38 heavy (non-hydrogen) atoms. The van der Waals surface area contributed by atoms with Gasteiger partial charge < -0.3 is 15.9 Å². The smallest absolute Gasteiger partial charge is 0.292 e. The fourth-order valence-corrected chi connectivity index (χ4v) is 4.76. The number of para-hydroxylation sites is 1. The summed E-state index contributed by atoms with van der Waals surface area (Å²) >= 11 is 0. The van der Waals surface area contributed by atoms with E-state index >= 15 is 0 Å². The molecule has 0 aliphatic rings. The van der Waals surface area contributed by atoms with E-state index in [1.807, 2.05) is 42.5 Å². The van der Waals surface area contributed by atoms with Gasteiger partial charge in [-0.15, -0.1) is 0 Å². The van der Waals surface area contributed by atoms with Crippen molar-refractivity contribution in [1.29, 1.82) is 0 Å². The zero-order chi connectivity index (χ0) is 25.8. The Hall–Kier alpha value is -5.38. The van der Waals surface area contributed by atoms with Crippen molar-refractivity contribution >= 4 is 44.9 Å². The maximum absolute atomic E-state index is 14.9. The average molecular weight is 503 g/mol. The van der Waals surface area contributed by atoms with Crippen molar-refractivity contribution in [3.63, 3.8) is 0 Å². The molecule has 0 spiro atoms. The SMILES string of the molecule is Nc1nc2cc(-c3nn(Cc4cc5ccccc5nc4-c4ccccc4F)c4ncnc(N)c34)ccc2o1. The highest BCUT2D eigenvalue weighted by atomic mass is 19.1. The molecule has 0 aliphatic heterocycles. The third-order valence-corrected chi connectivity index (χ3v) is 6.49. The van der Waals surface area contributed by atoms with Crippen LogP contribution in [0.15, 0.2) is 83.5 Å². The molecule has 0 fully saturated rings. The summed E-state index contributed by atoms with van der Waals surface area (Å²) in [6, 6.07) is 21.9. The van der Waals surface area contributed by atoms with Crippen molar-refractivity contribution in [2.75, 3.05) is 11.5 Å². The lowest BCUT2D eigenvalue weighted by molar-refractivity contribution is 0.626. The second kappa shape index (κ2) is 8.34. The Labute approximate surface area is 214 Å². The molecule has 10 heteroatoms. The van der Waals surface area contributed by atoms with Gasteiger partial charge in [0.25, 0.3) is 6.01 Å². The predicted octanol–water partition coefficient (Wildman–Crippen LogP) is 5.20. The van der Waals surface area contributed by atoms with E-state index in [0.717, 1.165) is 22.0 Å². The first-order valence-corrected chi connectivity index (χ1v) is 11.8. The number of pyridine rings is 1. The van der Waals surface area contributed by atoms with Gasteiger partial charge in [-0.05, 0) is 42.5 Å². The number of oxazole rings is 1. The van der Waals surface area contributed by atoms with Crippen molar-refractivity contribution in [1.82, 2.24) is 29.7 Å². The minimum absolute atomic E-state index is 0.0832. The maximum Gasteiger partial charge on any atom is 0.292 e. The fraction of sp³-hybridized carbons (Fsp3) is 0.0357. The monoisotopic (exact) mass is 502 g/mol. The molecular weight excluding hydrogens is 483 g/mol. The number of rotatable bonds is 4. The van der Waals surface area contributed by atoms with Crippen LogP contribution < -0.4 is 11.5 Å². The van der Waals surface area contributed by atoms with Crippen LogP contribution in [0, 0.1) is 5.82 Å². The highest BCUT2D eigenvalue weighted by Crippen LogP contribution is 2.34. The van der Waals surface area contributed by atoms with E-state index in [-0.39, 0.29) is 18.4 Å². The average Bonchev–Trinajstić information content (AvgIpc) is 3.48. The summed E-state index contributed by atoms with van der Waals surface area (Å²) in [6.07, 6.45) is 1.40. The number of nitrogen functional groups attached to an aromatic ring is 2. The van der Waals surface area contributed by atoms with Gasteiger partial charge in [0.1, 0.15) is 29.2 Å². The van der Waals surface area contributed by atoms with Gasteiger partial charge >= 0.3 is 0 Å². The van der Waals surface area contributed by atoms with E-state index in [1.165, 1.54) is 12.4 Å². The van der Waals surface area contributed by atoms with Gasteiger partial charge in [0, 0.05) is 22.1 Å². The first-order chi connectivity index (χ1) is 18.5. The Bertz CT molecular complexity index is 2010. The number of aromatic nitrogens is 6. The third kappa shape index (κ3) is 3.50. The summed E-state index contributed by atoms with van der Waals surface area (Å²) in [7, 11) is 0. The second-order valence-corrected chi connectivity index (χ2v) is 8.87. The molecule has 0 radical (unpaired) electrons. The quantitative estimate of drug-likeness (QED) is 0.335. The van der Waals surface area contributed by atoms with Crippen molar-refractivity contribution < 1.29 is 8.81 Å². The van der Waals surface area contributed by atoms with E-state index in [4.69, 9.17) is 26.0 Å². The van der Waals surface area contributed by atoms with Gasteiger partial charge in [-0.1, -0.05) is 30.3 Å². The molecule has 0 aliphatic carbocycles. The summed E-state index contributed by atoms with van der Waals surface area (Å²) in [5.74, 6) is -0.0590. The summed E-state index contributed by atoms with van der Waals surface area (Å²) in [6.45, 7) is 0.271. The molecule has 0 amide bonds. The van der Waals surface area contributed by atoms with Gasteiger partial charge in [0.2, 0.25) is 0 Å². The van der Waals surface area contributed by atoms with Crippen LogP contribution in [-0.2, 0) is 6.54 Å². The summed E-state index contributed by atoms with van der Waals surface area (Å²) in [5.41, 5.74) is 17.6. The van der Waals surface area contributed by atoms with E-state index in [9.17, 15) is 4.39 Å². The van der Waals surface area contributed by atoms with Crippen molar-refractivity contribution in [2.45, 2.75) is 6.54 Å². The van der Waals surface area contributed by atoms with Crippen LogP contribution in [0.3, 0.4) is 0 Å². The summed E-state index contributed by atoms with van der Waals surface area (Å²) in [5, 5.41) is 6.42. The van der Waals surface area contributed by atoms with Crippen molar-refractivity contribution in [2.24, 2.45) is 0 Å². The topological polar surface area (TPSA) is 135 Å². The molecule has 0 saturated heterocycles. The second-order valence-electron chi connectivity index (χ2n) is 8.87. The highest BCUT2D eigenvalue weighted by Gasteiger charge is 2.20. The van der Waals surface area contributed by atoms with Gasteiger partial charge in [-0.2, -0.15) is 10.1 Å². The summed E-state index contributed by atoms with van der Waals surface area (Å²) in [4.78, 5) is 17.8. The minimum Gasteiger partial charge on any atom is -0.424 e. The minimum atomic E-state index is -0.352. The molecule has 4 heterocycles. The molecular formula is C28H19FN8O. The van der Waals surface area contributed by atoms with Crippen LogP contribution in [0.4, 0.5) is 16.2 Å². The fourth-order valence-electron chi connectivity index (χ4n) is 4.76. The molecule has 184 valence electrons. The Morgan fingerprint density at radius 1 is 0.842 bits per heavy atom. The normalized spacial score (nSPS) is 11.6. The van der Waals surface area contributed by atoms with Crippen LogP contribution in [0.2, 0.25) is 0 Å². The van der Waals surface area contributed by atoms with Crippen LogP contribution in [-0.4, -0.2) is 29.7 Å². The maximum atomic E-state index is 14.9. The number of benzene rings is 3. The number of anilines is 2. The number of halogens is 1. The van der Waals surface area contributed by atoms with Crippen LogP contribution in [0.1, 0.15) is 5.56 Å². The Morgan fingerprint density at radius 3 is 2.58 bits per heavy atom. The zero-order valence-corrected chi connectivity index (χ0v) is 19.8. The molecule has 0 atom stereocenters. The lowest BCUT2D eigenvalue weighted by Crippen LogP contribution is -2.06. The molecule has 9 nitrogen and oxygen atoms in total. The van der Waals surface area contributed by atoms with Crippen molar-refractivity contribution in [3.8, 4) is 22.5 Å². The number of fused-ring (bicyclic) bond motifs is 3. The highest BCUT2D eigenvalue weighted by molar-refractivity contribution is 5.99. The largest absolute Gasteiger partial charge is 0.424 e. The Morgan fingerprint density at radius 2 is 1.68 bits per heavy atom. The molecule has 0 unspecified atom stereocenters. The number of hydrogen-bond donors (Lipinski definition) is 2. The van der Waals surface area contributed by atoms with Gasteiger partial charge in [0.05, 0.1) is 23.1 Å². The number of nitrogens with two attached hydrogens (primary N) is 2. The van der Waals surface area contributed by atoms with E-state index in [0.29, 0.717) is 44.9 Å². The molecule has 4 N–H and O–H groups in total. The van der Waals surface area contributed by atoms with Gasteiger partial charge in [0.15, 0.2) is 11.2 Å². The van der Waals surface area contributed by atoms with Gasteiger partial charge in [-0.25, -0.2) is 24.0 Å². The molecule has 4 aromatic heterocycles.